The van der Waals surface area contributed by atoms with Gasteiger partial charge in [0.15, 0.2) is 5.78 Å². The Morgan fingerprint density at radius 3 is 2.43 bits per heavy atom. The molecule has 2 aromatic carbocycles. The summed E-state index contributed by atoms with van der Waals surface area (Å²) in [6, 6.07) is 13.0. The molecular weight excluding hydrogens is 372 g/mol. The van der Waals surface area contributed by atoms with Crippen molar-refractivity contribution in [1.82, 2.24) is 4.57 Å². The zero-order chi connectivity index (χ0) is 20.4. The highest BCUT2D eigenvalue weighted by atomic mass is 35.5. The van der Waals surface area contributed by atoms with Gasteiger partial charge >= 0.3 is 0 Å². The summed E-state index contributed by atoms with van der Waals surface area (Å²) < 4.78 is 2.05. The summed E-state index contributed by atoms with van der Waals surface area (Å²) in [5, 5.41) is 1.44. The number of aromatic nitrogens is 1. The van der Waals surface area contributed by atoms with Crippen LogP contribution >= 0.6 is 11.6 Å². The molecule has 0 saturated carbocycles. The third-order valence-corrected chi connectivity index (χ3v) is 5.37. The second-order valence-electron chi connectivity index (χ2n) is 7.33. The van der Waals surface area contributed by atoms with Crippen molar-refractivity contribution in [2.75, 3.05) is 0 Å². The van der Waals surface area contributed by atoms with Gasteiger partial charge in [-0.05, 0) is 24.1 Å². The third kappa shape index (κ3) is 3.57. The largest absolute Gasteiger partial charge is 0.366 e. The summed E-state index contributed by atoms with van der Waals surface area (Å²) in [7, 11) is 0. The Balaban J connectivity index is 2.39. The number of hydrogen-bond acceptors (Lipinski definition) is 2. The summed E-state index contributed by atoms with van der Waals surface area (Å²) in [4.78, 5) is 25.3. The van der Waals surface area contributed by atoms with Crippen LogP contribution in [0.3, 0.4) is 0 Å². The molecule has 1 aromatic heterocycles. The van der Waals surface area contributed by atoms with Crippen LogP contribution in [0.1, 0.15) is 59.2 Å². The fourth-order valence-corrected chi connectivity index (χ4v) is 3.89. The van der Waals surface area contributed by atoms with Crippen molar-refractivity contribution in [3.05, 3.63) is 69.9 Å². The highest BCUT2D eigenvalue weighted by molar-refractivity contribution is 6.31. The summed E-state index contributed by atoms with van der Waals surface area (Å²) >= 11 is 6.40. The molecule has 1 amide bonds. The standard InChI is InChI=1S/C23H25ClN2O2/c1-4-8-19-20(22(27)14(2)3)16-10-7-11-17(23(25)28)21(16)26(19)13-15-9-5-6-12-18(15)24/h5-7,9-12,14H,4,8,13H2,1-3H3,(H2,25,28). The Kier molecular flexibility index (Phi) is 5.90. The molecule has 3 aromatic rings. The van der Waals surface area contributed by atoms with Gasteiger partial charge in [-0.2, -0.15) is 0 Å². The van der Waals surface area contributed by atoms with Crippen LogP contribution in [-0.2, 0) is 13.0 Å². The maximum atomic E-state index is 13.1. The van der Waals surface area contributed by atoms with Crippen molar-refractivity contribution >= 4 is 34.2 Å². The van der Waals surface area contributed by atoms with Crippen molar-refractivity contribution in [2.24, 2.45) is 11.7 Å². The number of fused-ring (bicyclic) bond motifs is 1. The van der Waals surface area contributed by atoms with Crippen molar-refractivity contribution in [3.8, 4) is 0 Å². The Bertz CT molecular complexity index is 1050. The predicted molar refractivity (Wildman–Crippen MR) is 114 cm³/mol. The minimum Gasteiger partial charge on any atom is -0.366 e. The van der Waals surface area contributed by atoms with E-state index in [0.717, 1.165) is 29.5 Å². The number of para-hydroxylation sites is 1. The Hall–Kier alpha value is -2.59. The number of Topliss-reactive ketones (excluding diaryl/α,β-unsaturated/α-hetero) is 1. The summed E-state index contributed by atoms with van der Waals surface area (Å²) in [5.41, 5.74) is 9.37. The van der Waals surface area contributed by atoms with Crippen LogP contribution in [0.2, 0.25) is 5.02 Å². The quantitative estimate of drug-likeness (QED) is 0.555. The smallest absolute Gasteiger partial charge is 0.250 e. The number of ketones is 1. The minimum atomic E-state index is -0.505. The lowest BCUT2D eigenvalue weighted by Gasteiger charge is -2.14. The fourth-order valence-electron chi connectivity index (χ4n) is 3.69. The van der Waals surface area contributed by atoms with Crippen LogP contribution in [0.15, 0.2) is 42.5 Å². The van der Waals surface area contributed by atoms with Gasteiger partial charge < -0.3 is 10.3 Å². The highest BCUT2D eigenvalue weighted by Crippen LogP contribution is 2.33. The van der Waals surface area contributed by atoms with E-state index in [-0.39, 0.29) is 11.7 Å². The van der Waals surface area contributed by atoms with Gasteiger partial charge in [-0.15, -0.1) is 0 Å². The number of rotatable bonds is 7. The predicted octanol–water partition coefficient (Wildman–Crippen LogP) is 5.23. The molecule has 0 bridgehead atoms. The number of benzene rings is 2. The number of amides is 1. The molecule has 1 heterocycles. The van der Waals surface area contributed by atoms with Crippen LogP contribution < -0.4 is 5.73 Å². The van der Waals surface area contributed by atoms with E-state index in [1.807, 2.05) is 44.2 Å². The molecule has 0 saturated heterocycles. The van der Waals surface area contributed by atoms with Gasteiger partial charge in [0.2, 0.25) is 0 Å². The molecule has 0 spiro atoms. The molecule has 0 radical (unpaired) electrons. The van der Waals surface area contributed by atoms with Gasteiger partial charge in [0.25, 0.3) is 5.91 Å². The zero-order valence-corrected chi connectivity index (χ0v) is 17.2. The Morgan fingerprint density at radius 2 is 1.82 bits per heavy atom. The molecular formula is C23H25ClN2O2. The van der Waals surface area contributed by atoms with Gasteiger partial charge in [0, 0.05) is 34.1 Å². The van der Waals surface area contributed by atoms with Crippen molar-refractivity contribution < 1.29 is 9.59 Å². The van der Waals surface area contributed by atoms with Crippen LogP contribution in [0.5, 0.6) is 0 Å². The lowest BCUT2D eigenvalue weighted by molar-refractivity contribution is 0.0938. The van der Waals surface area contributed by atoms with Crippen LogP contribution in [0.4, 0.5) is 0 Å². The lowest BCUT2D eigenvalue weighted by Crippen LogP contribution is -2.14. The number of hydrogen-bond donors (Lipinski definition) is 1. The van der Waals surface area contributed by atoms with E-state index < -0.39 is 5.91 Å². The number of nitrogens with two attached hydrogens (primary N) is 1. The van der Waals surface area contributed by atoms with Gasteiger partial charge in [-0.3, -0.25) is 9.59 Å². The van der Waals surface area contributed by atoms with E-state index in [9.17, 15) is 9.59 Å². The lowest BCUT2D eigenvalue weighted by atomic mass is 9.96. The molecule has 5 heteroatoms. The van der Waals surface area contributed by atoms with Crippen LogP contribution in [0, 0.1) is 5.92 Å². The molecule has 0 fully saturated rings. The second-order valence-corrected chi connectivity index (χ2v) is 7.74. The molecule has 3 rings (SSSR count). The van der Waals surface area contributed by atoms with Crippen LogP contribution in [0.25, 0.3) is 10.9 Å². The molecule has 0 atom stereocenters. The van der Waals surface area contributed by atoms with E-state index in [1.54, 1.807) is 12.1 Å². The van der Waals surface area contributed by atoms with Gasteiger partial charge in [-0.1, -0.05) is 69.1 Å². The number of carbonyl (C=O) groups is 2. The first-order valence-corrected chi connectivity index (χ1v) is 9.96. The van der Waals surface area contributed by atoms with E-state index >= 15 is 0 Å². The fraction of sp³-hybridized carbons (Fsp3) is 0.304. The average Bonchev–Trinajstić information content (AvgIpc) is 2.96. The van der Waals surface area contributed by atoms with Crippen molar-refractivity contribution in [3.63, 3.8) is 0 Å². The van der Waals surface area contributed by atoms with Gasteiger partial charge in [0.05, 0.1) is 11.1 Å². The molecule has 146 valence electrons. The molecule has 0 aliphatic heterocycles. The van der Waals surface area contributed by atoms with E-state index in [4.69, 9.17) is 17.3 Å². The van der Waals surface area contributed by atoms with Crippen molar-refractivity contribution in [1.29, 1.82) is 0 Å². The maximum Gasteiger partial charge on any atom is 0.250 e. The maximum absolute atomic E-state index is 13.1. The van der Waals surface area contributed by atoms with Crippen molar-refractivity contribution in [2.45, 2.75) is 40.2 Å². The number of carbonyl (C=O) groups excluding carboxylic acids is 2. The summed E-state index contributed by atoms with van der Waals surface area (Å²) in [6.07, 6.45) is 1.61. The first-order valence-electron chi connectivity index (χ1n) is 9.58. The number of primary amides is 1. The Labute approximate surface area is 170 Å². The van der Waals surface area contributed by atoms with Gasteiger partial charge in [0.1, 0.15) is 0 Å². The normalized spacial score (nSPS) is 11.3. The highest BCUT2D eigenvalue weighted by Gasteiger charge is 2.26. The molecule has 0 aliphatic rings. The van der Waals surface area contributed by atoms with E-state index in [1.165, 1.54) is 0 Å². The second kappa shape index (κ2) is 8.19. The molecule has 0 aliphatic carbocycles. The van der Waals surface area contributed by atoms with Gasteiger partial charge in [-0.25, -0.2) is 0 Å². The SMILES string of the molecule is CCCc1c(C(=O)C(C)C)c2cccc(C(N)=O)c2n1Cc1ccccc1Cl. The topological polar surface area (TPSA) is 65.1 Å². The number of halogens is 1. The molecule has 2 N–H and O–H groups in total. The summed E-state index contributed by atoms with van der Waals surface area (Å²) in [5.74, 6) is -0.574. The first-order chi connectivity index (χ1) is 13.4. The first kappa shape index (κ1) is 20.2. The zero-order valence-electron chi connectivity index (χ0n) is 16.5. The van der Waals surface area contributed by atoms with E-state index in [2.05, 4.69) is 11.5 Å². The molecule has 4 nitrogen and oxygen atoms in total. The number of nitrogens with zero attached hydrogens (tertiary/aromatic N) is 1. The minimum absolute atomic E-state index is 0.0768. The molecule has 0 unspecified atom stereocenters. The third-order valence-electron chi connectivity index (χ3n) is 5.00. The van der Waals surface area contributed by atoms with E-state index in [0.29, 0.717) is 28.2 Å². The Morgan fingerprint density at radius 1 is 1.11 bits per heavy atom. The summed E-state index contributed by atoms with van der Waals surface area (Å²) in [6.45, 7) is 6.35. The van der Waals surface area contributed by atoms with Crippen LogP contribution in [-0.4, -0.2) is 16.3 Å². The monoisotopic (exact) mass is 396 g/mol. The average molecular weight is 397 g/mol. The molecule has 28 heavy (non-hydrogen) atoms.